The summed E-state index contributed by atoms with van der Waals surface area (Å²) in [5.74, 6) is -2.06. The Hall–Kier alpha value is -4.27. The number of hydrogen-bond acceptors (Lipinski definition) is 7. The fraction of sp³-hybridized carbons (Fsp3) is 0.227. The van der Waals surface area contributed by atoms with E-state index in [9.17, 15) is 35.9 Å². The minimum Gasteiger partial charge on any atom is -0.465 e. The van der Waals surface area contributed by atoms with Gasteiger partial charge < -0.3 is 14.3 Å². The average Bonchev–Trinajstić information content (AvgIpc) is 3.31. The number of amides is 1. The van der Waals surface area contributed by atoms with E-state index in [2.05, 4.69) is 21.8 Å². The largest absolute Gasteiger partial charge is 0.465 e. The Labute approximate surface area is 203 Å². The normalized spacial score (nSPS) is 13.6. The smallest absolute Gasteiger partial charge is 0.426 e. The van der Waals surface area contributed by atoms with Gasteiger partial charge in [0.15, 0.2) is 12.0 Å². The quantitative estimate of drug-likeness (QED) is 0.208. The zero-order chi connectivity index (χ0) is 27.4. The van der Waals surface area contributed by atoms with Crippen molar-refractivity contribution in [1.29, 1.82) is 0 Å². The second kappa shape index (κ2) is 10.4. The van der Waals surface area contributed by atoms with Crippen LogP contribution in [0.3, 0.4) is 0 Å². The zero-order valence-electron chi connectivity index (χ0n) is 18.4. The molecule has 196 valence electrons. The molecule has 3 aromatic rings. The molecule has 0 bridgehead atoms. The highest BCUT2D eigenvalue weighted by molar-refractivity contribution is 5.89. The van der Waals surface area contributed by atoms with E-state index in [1.165, 1.54) is 12.1 Å². The average molecular weight is 530 g/mol. The van der Waals surface area contributed by atoms with Gasteiger partial charge in [-0.15, -0.1) is 16.8 Å². The number of anilines is 1. The van der Waals surface area contributed by atoms with E-state index < -0.39 is 71.5 Å². The molecule has 1 amide bonds. The summed E-state index contributed by atoms with van der Waals surface area (Å²) in [6.45, 7) is 2.75. The molecule has 0 saturated carbocycles. The minimum atomic E-state index is -5.15. The maximum atomic E-state index is 14.3. The standard InChI is InChI=1S/C22H16F6N4O5/c1-2-8-20(22(26,27)28,36-11-12-6-4-3-5-7-12)18-32-31-17(37-18)16-14(30-19(34)35)9-13(21(23,24)25)15(10-33)29-16/h2-7,9-10,30H,1,8,11H2,(H,34,35). The molecule has 37 heavy (non-hydrogen) atoms. The Morgan fingerprint density at radius 1 is 1.14 bits per heavy atom. The van der Waals surface area contributed by atoms with E-state index in [-0.39, 0.29) is 12.4 Å². The highest BCUT2D eigenvalue weighted by atomic mass is 19.4. The Morgan fingerprint density at radius 3 is 2.35 bits per heavy atom. The van der Waals surface area contributed by atoms with Gasteiger partial charge in [-0.3, -0.25) is 10.1 Å². The number of rotatable bonds is 9. The lowest BCUT2D eigenvalue weighted by Crippen LogP contribution is -2.45. The van der Waals surface area contributed by atoms with Crippen LogP contribution in [0.4, 0.5) is 36.8 Å². The van der Waals surface area contributed by atoms with Crippen LogP contribution in [-0.4, -0.2) is 38.8 Å². The number of nitrogens with zero attached hydrogens (tertiary/aromatic N) is 3. The second-order valence-electron chi connectivity index (χ2n) is 7.37. The van der Waals surface area contributed by atoms with E-state index in [0.717, 1.165) is 6.08 Å². The minimum absolute atomic E-state index is 0.233. The summed E-state index contributed by atoms with van der Waals surface area (Å²) < 4.78 is 93.3. The van der Waals surface area contributed by atoms with Gasteiger partial charge >= 0.3 is 18.4 Å². The van der Waals surface area contributed by atoms with Crippen molar-refractivity contribution in [3.05, 3.63) is 71.8 Å². The summed E-state index contributed by atoms with van der Waals surface area (Å²) in [6.07, 6.45) is -12.4. The van der Waals surface area contributed by atoms with E-state index in [1.54, 1.807) is 23.5 Å². The Kier molecular flexibility index (Phi) is 7.66. The maximum Gasteiger partial charge on any atom is 0.426 e. The number of nitrogens with one attached hydrogen (secondary N) is 1. The lowest BCUT2D eigenvalue weighted by molar-refractivity contribution is -0.295. The fourth-order valence-electron chi connectivity index (χ4n) is 3.21. The molecule has 0 aliphatic heterocycles. The third-order valence-electron chi connectivity index (χ3n) is 4.90. The molecule has 1 atom stereocenters. The number of aromatic nitrogens is 3. The number of benzene rings is 1. The van der Waals surface area contributed by atoms with Gasteiger partial charge in [-0.2, -0.15) is 26.3 Å². The fourth-order valence-corrected chi connectivity index (χ4v) is 3.21. The molecule has 2 N–H and O–H groups in total. The zero-order valence-corrected chi connectivity index (χ0v) is 18.4. The van der Waals surface area contributed by atoms with E-state index >= 15 is 0 Å². The predicted octanol–water partition coefficient (Wildman–Crippen LogP) is 5.60. The van der Waals surface area contributed by atoms with Crippen molar-refractivity contribution in [3.63, 3.8) is 0 Å². The molecule has 0 saturated heterocycles. The third kappa shape index (κ3) is 5.77. The Morgan fingerprint density at radius 2 is 1.81 bits per heavy atom. The Balaban J connectivity index is 2.16. The molecule has 2 aromatic heterocycles. The number of carbonyl (C=O) groups excluding carboxylic acids is 1. The van der Waals surface area contributed by atoms with Gasteiger partial charge in [0.1, 0.15) is 5.69 Å². The number of aldehydes is 1. The van der Waals surface area contributed by atoms with Crippen molar-refractivity contribution in [2.24, 2.45) is 0 Å². The number of pyridine rings is 1. The number of carboxylic acid groups (broad SMARTS) is 1. The first-order valence-corrected chi connectivity index (χ1v) is 10.1. The van der Waals surface area contributed by atoms with E-state index in [4.69, 9.17) is 14.3 Å². The van der Waals surface area contributed by atoms with Gasteiger partial charge in [0.2, 0.25) is 5.60 Å². The molecule has 9 nitrogen and oxygen atoms in total. The first-order chi connectivity index (χ1) is 17.3. The van der Waals surface area contributed by atoms with Crippen LogP contribution in [0.25, 0.3) is 11.6 Å². The molecule has 0 spiro atoms. The molecule has 0 radical (unpaired) electrons. The number of hydrogen-bond donors (Lipinski definition) is 2. The van der Waals surface area contributed by atoms with Crippen LogP contribution in [0.5, 0.6) is 0 Å². The van der Waals surface area contributed by atoms with Crippen LogP contribution < -0.4 is 5.32 Å². The van der Waals surface area contributed by atoms with Crippen LogP contribution >= 0.6 is 0 Å². The van der Waals surface area contributed by atoms with Gasteiger partial charge in [0.05, 0.1) is 17.9 Å². The summed E-state index contributed by atoms with van der Waals surface area (Å²) in [5.41, 5.74) is -7.33. The van der Waals surface area contributed by atoms with Gasteiger partial charge in [0.25, 0.3) is 11.8 Å². The van der Waals surface area contributed by atoms with Crippen LogP contribution in [0, 0.1) is 0 Å². The predicted molar refractivity (Wildman–Crippen MR) is 113 cm³/mol. The van der Waals surface area contributed by atoms with Crippen LogP contribution in [0.15, 0.2) is 53.5 Å². The van der Waals surface area contributed by atoms with Crippen molar-refractivity contribution in [3.8, 4) is 11.6 Å². The van der Waals surface area contributed by atoms with Crippen LogP contribution in [0.2, 0.25) is 0 Å². The maximum absolute atomic E-state index is 14.3. The molecular formula is C22H16F6N4O5. The summed E-state index contributed by atoms with van der Waals surface area (Å²) >= 11 is 0. The molecule has 1 aromatic carbocycles. The number of alkyl halides is 6. The molecule has 3 rings (SSSR count). The summed E-state index contributed by atoms with van der Waals surface area (Å²) in [7, 11) is 0. The molecular weight excluding hydrogens is 514 g/mol. The van der Waals surface area contributed by atoms with Crippen molar-refractivity contribution in [2.45, 2.75) is 31.0 Å². The lowest BCUT2D eigenvalue weighted by atomic mass is 9.98. The van der Waals surface area contributed by atoms with Gasteiger partial charge in [-0.1, -0.05) is 36.4 Å². The second-order valence-corrected chi connectivity index (χ2v) is 7.37. The molecule has 0 fully saturated rings. The van der Waals surface area contributed by atoms with Crippen molar-refractivity contribution >= 4 is 18.1 Å². The third-order valence-corrected chi connectivity index (χ3v) is 4.90. The Bertz CT molecular complexity index is 1290. The van der Waals surface area contributed by atoms with Crippen LogP contribution in [0.1, 0.15) is 33.9 Å². The van der Waals surface area contributed by atoms with Crippen molar-refractivity contribution in [2.75, 3.05) is 5.32 Å². The van der Waals surface area contributed by atoms with Gasteiger partial charge in [0, 0.05) is 6.42 Å². The SMILES string of the molecule is C=CCC(OCc1ccccc1)(c1nnc(-c2nc(C=O)c(C(F)(F)F)cc2NC(=O)O)o1)C(F)(F)F. The van der Waals surface area contributed by atoms with E-state index in [0.29, 0.717) is 5.56 Å². The van der Waals surface area contributed by atoms with Crippen molar-refractivity contribution < 1.29 is 50.2 Å². The van der Waals surface area contributed by atoms with E-state index in [1.807, 2.05) is 0 Å². The highest BCUT2D eigenvalue weighted by Crippen LogP contribution is 2.46. The molecule has 0 aliphatic carbocycles. The number of halogens is 6. The monoisotopic (exact) mass is 530 g/mol. The van der Waals surface area contributed by atoms with Crippen LogP contribution in [-0.2, 0) is 23.1 Å². The lowest BCUT2D eigenvalue weighted by Gasteiger charge is -2.31. The summed E-state index contributed by atoms with van der Waals surface area (Å²) in [4.78, 5) is 25.8. The summed E-state index contributed by atoms with van der Waals surface area (Å²) in [6, 6.07) is 8.03. The number of carbonyl (C=O) groups is 2. The molecule has 15 heteroatoms. The molecule has 0 aliphatic rings. The number of ether oxygens (including phenoxy) is 1. The van der Waals surface area contributed by atoms with Gasteiger partial charge in [-0.25, -0.2) is 9.78 Å². The highest BCUT2D eigenvalue weighted by Gasteiger charge is 2.60. The first kappa shape index (κ1) is 27.3. The molecule has 2 heterocycles. The van der Waals surface area contributed by atoms with Crippen molar-refractivity contribution in [1.82, 2.24) is 15.2 Å². The first-order valence-electron chi connectivity index (χ1n) is 10.1. The summed E-state index contributed by atoms with van der Waals surface area (Å²) in [5, 5.41) is 17.4. The van der Waals surface area contributed by atoms with Gasteiger partial charge in [-0.05, 0) is 11.6 Å². The topological polar surface area (TPSA) is 127 Å². The molecule has 1 unspecified atom stereocenters.